The van der Waals surface area contributed by atoms with Crippen LogP contribution in [-0.4, -0.2) is 34.5 Å². The molecule has 0 saturated heterocycles. The number of aliphatic imine (C=N–C) groups is 1. The third-order valence-corrected chi connectivity index (χ3v) is 3.92. The van der Waals surface area contributed by atoms with Crippen LogP contribution in [0.3, 0.4) is 0 Å². The van der Waals surface area contributed by atoms with E-state index in [1.165, 1.54) is 11.8 Å². The first-order chi connectivity index (χ1) is 12.0. The molecule has 3 rings (SSSR count). The second kappa shape index (κ2) is 6.88. The average molecular weight is 339 g/mol. The Bertz CT molecular complexity index is 847. The van der Waals surface area contributed by atoms with E-state index in [1.807, 2.05) is 13.8 Å². The van der Waals surface area contributed by atoms with Gasteiger partial charge in [-0.3, -0.25) is 0 Å². The molecule has 0 saturated carbocycles. The van der Waals surface area contributed by atoms with Crippen LogP contribution < -0.4 is 10.6 Å². The van der Waals surface area contributed by atoms with Gasteiger partial charge in [0.15, 0.2) is 6.29 Å². The molecule has 0 spiro atoms. The Balaban J connectivity index is 1.78. The van der Waals surface area contributed by atoms with Crippen molar-refractivity contribution in [2.24, 2.45) is 4.99 Å². The van der Waals surface area contributed by atoms with Gasteiger partial charge in [0.25, 0.3) is 0 Å². The predicted octanol–water partition coefficient (Wildman–Crippen LogP) is 2.90. The molecule has 0 radical (unpaired) electrons. The van der Waals surface area contributed by atoms with E-state index in [2.05, 4.69) is 43.8 Å². The summed E-state index contributed by atoms with van der Waals surface area (Å²) in [6, 6.07) is 6.20. The van der Waals surface area contributed by atoms with Gasteiger partial charge in [0.2, 0.25) is 5.95 Å². The quantitative estimate of drug-likeness (QED) is 0.833. The van der Waals surface area contributed by atoms with Gasteiger partial charge in [-0.05, 0) is 39.3 Å². The van der Waals surface area contributed by atoms with Gasteiger partial charge in [0.1, 0.15) is 0 Å². The van der Waals surface area contributed by atoms with E-state index < -0.39 is 5.97 Å². The summed E-state index contributed by atoms with van der Waals surface area (Å²) < 4.78 is 4.99. The van der Waals surface area contributed by atoms with Crippen LogP contribution in [0.4, 0.5) is 11.6 Å². The van der Waals surface area contributed by atoms with Crippen LogP contribution in [0.2, 0.25) is 0 Å². The normalized spacial score (nSPS) is 15.7. The van der Waals surface area contributed by atoms with Crippen LogP contribution in [0.15, 0.2) is 29.4 Å². The van der Waals surface area contributed by atoms with E-state index in [-0.39, 0.29) is 6.29 Å². The molecule has 1 aliphatic heterocycles. The van der Waals surface area contributed by atoms with Crippen molar-refractivity contribution in [1.29, 1.82) is 0 Å². The molecular formula is C18H21N5O2. The first-order valence-electron chi connectivity index (χ1n) is 8.17. The second-order valence-electron chi connectivity index (χ2n) is 5.87. The Kier molecular flexibility index (Phi) is 4.65. The number of hydrogen-bond acceptors (Lipinski definition) is 7. The first-order valence-corrected chi connectivity index (χ1v) is 8.17. The summed E-state index contributed by atoms with van der Waals surface area (Å²) in [5.41, 5.74) is 5.13. The highest BCUT2D eigenvalue weighted by atomic mass is 16.5. The minimum absolute atomic E-state index is 0.317. The lowest BCUT2D eigenvalue weighted by atomic mass is 10.0. The van der Waals surface area contributed by atoms with E-state index in [4.69, 9.17) is 4.74 Å². The number of benzene rings is 1. The summed E-state index contributed by atoms with van der Waals surface area (Å²) in [5.74, 6) is -0.0173. The molecule has 7 heteroatoms. The Morgan fingerprint density at radius 1 is 1.32 bits per heavy atom. The fourth-order valence-corrected chi connectivity index (χ4v) is 2.67. The van der Waals surface area contributed by atoms with Gasteiger partial charge in [-0.2, -0.15) is 0 Å². The summed E-state index contributed by atoms with van der Waals surface area (Å²) in [7, 11) is 0. The summed E-state index contributed by atoms with van der Waals surface area (Å²) in [4.78, 5) is 25.0. The fourth-order valence-electron chi connectivity index (χ4n) is 2.67. The van der Waals surface area contributed by atoms with Crippen molar-refractivity contribution < 1.29 is 9.53 Å². The maximum atomic E-state index is 11.8. The molecule has 7 nitrogen and oxygen atoms in total. The van der Waals surface area contributed by atoms with E-state index in [0.717, 1.165) is 17.0 Å². The number of carbonyl (C=O) groups is 1. The van der Waals surface area contributed by atoms with E-state index in [0.29, 0.717) is 23.8 Å². The Morgan fingerprint density at radius 3 is 2.84 bits per heavy atom. The topological polar surface area (TPSA) is 88.5 Å². The Morgan fingerprint density at radius 2 is 2.12 bits per heavy atom. The molecule has 0 amide bonds. The van der Waals surface area contributed by atoms with Crippen LogP contribution in [0.25, 0.3) is 0 Å². The molecule has 1 aromatic heterocycles. The van der Waals surface area contributed by atoms with Crippen molar-refractivity contribution in [1.82, 2.24) is 9.97 Å². The van der Waals surface area contributed by atoms with Gasteiger partial charge < -0.3 is 15.4 Å². The summed E-state index contributed by atoms with van der Waals surface area (Å²) >= 11 is 0. The molecule has 2 N–H and O–H groups in total. The van der Waals surface area contributed by atoms with Crippen molar-refractivity contribution >= 4 is 23.3 Å². The third kappa shape index (κ3) is 3.60. The number of carbonyl (C=O) groups excluding carboxylic acids is 1. The summed E-state index contributed by atoms with van der Waals surface area (Å²) in [5, 5.41) is 6.46. The molecule has 1 aromatic carbocycles. The van der Waals surface area contributed by atoms with Crippen molar-refractivity contribution in [2.75, 3.05) is 17.2 Å². The number of anilines is 2. The summed E-state index contributed by atoms with van der Waals surface area (Å²) in [6.45, 7) is 7.85. The standard InChI is InChI=1S/C18H21N5O2/c1-5-25-16(24)14-9-19-17(20-12(14)4)23-18-21-11(3)13-7-6-10(2)8-15(13)22-18/h6-9,18,22H,5H2,1-4H3,(H,19,20,23)/t18-/m1/s1. The molecule has 0 fully saturated rings. The lowest BCUT2D eigenvalue weighted by molar-refractivity contribution is 0.0524. The Hall–Kier alpha value is -2.96. The number of fused-ring (bicyclic) bond motifs is 1. The van der Waals surface area contributed by atoms with Crippen molar-refractivity contribution in [3.05, 3.63) is 46.8 Å². The van der Waals surface area contributed by atoms with Crippen LogP contribution in [-0.2, 0) is 4.74 Å². The molecular weight excluding hydrogens is 318 g/mol. The van der Waals surface area contributed by atoms with Crippen molar-refractivity contribution in [3.63, 3.8) is 0 Å². The Labute approximate surface area is 146 Å². The second-order valence-corrected chi connectivity index (χ2v) is 5.87. The molecule has 25 heavy (non-hydrogen) atoms. The van der Waals surface area contributed by atoms with Crippen LogP contribution in [0, 0.1) is 13.8 Å². The smallest absolute Gasteiger partial charge is 0.341 e. The first kappa shape index (κ1) is 16.9. The van der Waals surface area contributed by atoms with Crippen LogP contribution in [0.5, 0.6) is 0 Å². The molecule has 1 aliphatic rings. The predicted molar refractivity (Wildman–Crippen MR) is 97.1 cm³/mol. The van der Waals surface area contributed by atoms with E-state index in [1.54, 1.807) is 13.8 Å². The molecule has 1 atom stereocenters. The van der Waals surface area contributed by atoms with Crippen LogP contribution in [0.1, 0.15) is 41.0 Å². The lowest BCUT2D eigenvalue weighted by Gasteiger charge is -2.25. The number of esters is 1. The molecule has 130 valence electrons. The average Bonchev–Trinajstić information content (AvgIpc) is 2.54. The van der Waals surface area contributed by atoms with Gasteiger partial charge in [-0.25, -0.2) is 19.8 Å². The highest BCUT2D eigenvalue weighted by Crippen LogP contribution is 2.24. The zero-order chi connectivity index (χ0) is 18.0. The fraction of sp³-hybridized carbons (Fsp3) is 0.333. The maximum absolute atomic E-state index is 11.8. The number of nitrogens with zero attached hydrogens (tertiary/aromatic N) is 3. The van der Waals surface area contributed by atoms with Gasteiger partial charge in [0.05, 0.1) is 17.9 Å². The van der Waals surface area contributed by atoms with E-state index >= 15 is 0 Å². The number of ether oxygens (including phenoxy) is 1. The number of hydrogen-bond donors (Lipinski definition) is 2. The van der Waals surface area contributed by atoms with Gasteiger partial charge in [-0.15, -0.1) is 0 Å². The van der Waals surface area contributed by atoms with Crippen molar-refractivity contribution in [3.8, 4) is 0 Å². The molecule has 0 aliphatic carbocycles. The minimum atomic E-state index is -0.416. The number of aromatic nitrogens is 2. The lowest BCUT2D eigenvalue weighted by Crippen LogP contribution is -2.32. The van der Waals surface area contributed by atoms with Crippen LogP contribution >= 0.6 is 0 Å². The minimum Gasteiger partial charge on any atom is -0.462 e. The van der Waals surface area contributed by atoms with Crippen molar-refractivity contribution in [2.45, 2.75) is 34.0 Å². The maximum Gasteiger partial charge on any atom is 0.341 e. The highest BCUT2D eigenvalue weighted by Gasteiger charge is 2.19. The summed E-state index contributed by atoms with van der Waals surface area (Å²) in [6.07, 6.45) is 1.10. The molecule has 0 unspecified atom stereocenters. The monoisotopic (exact) mass is 339 g/mol. The van der Waals surface area contributed by atoms with Gasteiger partial charge >= 0.3 is 5.97 Å². The third-order valence-electron chi connectivity index (χ3n) is 3.92. The molecule has 2 aromatic rings. The van der Waals surface area contributed by atoms with Gasteiger partial charge in [0, 0.05) is 23.2 Å². The SMILES string of the molecule is CCOC(=O)c1cnc(N[C@@H]2N=C(C)c3ccc(C)cc3N2)nc1C. The number of nitrogens with one attached hydrogen (secondary N) is 2. The highest BCUT2D eigenvalue weighted by molar-refractivity contribution is 6.05. The molecule has 2 heterocycles. The number of aryl methyl sites for hydroxylation is 2. The van der Waals surface area contributed by atoms with E-state index in [9.17, 15) is 4.79 Å². The molecule has 0 bridgehead atoms. The number of rotatable bonds is 4. The van der Waals surface area contributed by atoms with Gasteiger partial charge in [-0.1, -0.05) is 12.1 Å². The zero-order valence-electron chi connectivity index (χ0n) is 14.8. The largest absolute Gasteiger partial charge is 0.462 e. The zero-order valence-corrected chi connectivity index (χ0v) is 14.8.